The molecule has 0 fully saturated rings. The Morgan fingerprint density at radius 1 is 1.03 bits per heavy atom. The molecule has 1 aliphatic rings. The second-order valence-electron chi connectivity index (χ2n) is 8.31. The molecule has 0 saturated heterocycles. The third-order valence-electron chi connectivity index (χ3n) is 5.74. The maximum atomic E-state index is 12.7. The van der Waals surface area contributed by atoms with Crippen LogP contribution < -0.4 is 10.7 Å². The average molecular weight is 442 g/mol. The first-order chi connectivity index (χ1) is 15.4. The molecule has 1 aliphatic carbocycles. The van der Waals surface area contributed by atoms with E-state index < -0.39 is 17.8 Å². The lowest BCUT2D eigenvalue weighted by Gasteiger charge is -2.24. The van der Waals surface area contributed by atoms with Crippen molar-refractivity contribution in [1.82, 2.24) is 5.43 Å². The number of nitrogens with zero attached hydrogens (tertiary/aromatic N) is 1. The SMILES string of the molecule is CCCCCCCCC(=O)NN=C(C)c1cccc(NC(=O)C2CC=CCC2C(=O)O)c1. The summed E-state index contributed by atoms with van der Waals surface area (Å²) in [5.41, 5.74) is 4.56. The highest BCUT2D eigenvalue weighted by molar-refractivity contribution is 6.01. The van der Waals surface area contributed by atoms with Crippen LogP contribution in [0.2, 0.25) is 0 Å². The predicted octanol–water partition coefficient (Wildman–Crippen LogP) is 4.88. The van der Waals surface area contributed by atoms with Gasteiger partial charge in [-0.05, 0) is 43.9 Å². The fourth-order valence-electron chi connectivity index (χ4n) is 3.77. The van der Waals surface area contributed by atoms with E-state index in [0.29, 0.717) is 30.7 Å². The van der Waals surface area contributed by atoms with Crippen molar-refractivity contribution in [2.45, 2.75) is 71.6 Å². The number of rotatable bonds is 12. The Hall–Kier alpha value is -2.96. The van der Waals surface area contributed by atoms with Crippen molar-refractivity contribution in [3.63, 3.8) is 0 Å². The lowest BCUT2D eigenvalue weighted by atomic mass is 9.82. The Labute approximate surface area is 190 Å². The molecule has 2 unspecified atom stereocenters. The molecule has 2 amide bonds. The summed E-state index contributed by atoms with van der Waals surface area (Å²) in [6.07, 6.45) is 11.6. The van der Waals surface area contributed by atoms with Crippen molar-refractivity contribution in [1.29, 1.82) is 0 Å². The zero-order valence-corrected chi connectivity index (χ0v) is 19.1. The van der Waals surface area contributed by atoms with Gasteiger partial charge in [0.05, 0.1) is 17.5 Å². The highest BCUT2D eigenvalue weighted by Gasteiger charge is 2.33. The predicted molar refractivity (Wildman–Crippen MR) is 126 cm³/mol. The summed E-state index contributed by atoms with van der Waals surface area (Å²) in [4.78, 5) is 36.1. The van der Waals surface area contributed by atoms with Crippen LogP contribution in [0.4, 0.5) is 5.69 Å². The molecule has 0 heterocycles. The molecule has 7 heteroatoms. The summed E-state index contributed by atoms with van der Waals surface area (Å²) >= 11 is 0. The van der Waals surface area contributed by atoms with Gasteiger partial charge in [-0.15, -0.1) is 0 Å². The minimum Gasteiger partial charge on any atom is -0.481 e. The summed E-state index contributed by atoms with van der Waals surface area (Å²) in [6, 6.07) is 7.15. The first-order valence-electron chi connectivity index (χ1n) is 11.5. The molecule has 0 radical (unpaired) electrons. The molecule has 0 aliphatic heterocycles. The van der Waals surface area contributed by atoms with E-state index in [1.54, 1.807) is 25.1 Å². The number of allylic oxidation sites excluding steroid dienone is 2. The van der Waals surface area contributed by atoms with Crippen LogP contribution in [0, 0.1) is 11.8 Å². The Kier molecular flexibility index (Phi) is 10.6. The van der Waals surface area contributed by atoms with Gasteiger partial charge in [0.15, 0.2) is 0 Å². The first kappa shape index (κ1) is 25.3. The summed E-state index contributed by atoms with van der Waals surface area (Å²) in [7, 11) is 0. The third kappa shape index (κ3) is 8.29. The van der Waals surface area contributed by atoms with Crippen LogP contribution in [0.3, 0.4) is 0 Å². The minimum absolute atomic E-state index is 0.102. The number of hydrazone groups is 1. The molecule has 0 saturated carbocycles. The van der Waals surface area contributed by atoms with E-state index in [1.165, 1.54) is 19.3 Å². The van der Waals surface area contributed by atoms with Gasteiger partial charge >= 0.3 is 5.97 Å². The van der Waals surface area contributed by atoms with E-state index in [0.717, 1.165) is 24.8 Å². The fraction of sp³-hybridized carbons (Fsp3) is 0.520. The van der Waals surface area contributed by atoms with E-state index >= 15 is 0 Å². The zero-order chi connectivity index (χ0) is 23.3. The number of carbonyl (C=O) groups is 3. The number of unbranched alkanes of at least 4 members (excludes halogenated alkanes) is 5. The van der Waals surface area contributed by atoms with Gasteiger partial charge in [0.2, 0.25) is 11.8 Å². The average Bonchev–Trinajstić information content (AvgIpc) is 2.79. The topological polar surface area (TPSA) is 108 Å². The first-order valence-corrected chi connectivity index (χ1v) is 11.5. The van der Waals surface area contributed by atoms with Crippen LogP contribution in [0.15, 0.2) is 41.5 Å². The van der Waals surface area contributed by atoms with E-state index in [4.69, 9.17) is 0 Å². The summed E-state index contributed by atoms with van der Waals surface area (Å²) in [6.45, 7) is 3.97. The number of hydrogen-bond acceptors (Lipinski definition) is 4. The van der Waals surface area contributed by atoms with Crippen LogP contribution in [0.1, 0.15) is 77.2 Å². The van der Waals surface area contributed by atoms with Gasteiger partial charge in [0, 0.05) is 12.1 Å². The second kappa shape index (κ2) is 13.5. The van der Waals surface area contributed by atoms with Gasteiger partial charge in [-0.2, -0.15) is 5.10 Å². The van der Waals surface area contributed by atoms with Crippen molar-refractivity contribution in [3.05, 3.63) is 42.0 Å². The smallest absolute Gasteiger partial charge is 0.307 e. The molecule has 7 nitrogen and oxygen atoms in total. The second-order valence-corrected chi connectivity index (χ2v) is 8.31. The van der Waals surface area contributed by atoms with Crippen LogP contribution in [-0.2, 0) is 14.4 Å². The van der Waals surface area contributed by atoms with Gasteiger partial charge in [0.1, 0.15) is 0 Å². The zero-order valence-electron chi connectivity index (χ0n) is 19.1. The Morgan fingerprint density at radius 3 is 2.44 bits per heavy atom. The molecule has 0 aromatic heterocycles. The van der Waals surface area contributed by atoms with Crippen LogP contribution in [0.25, 0.3) is 0 Å². The van der Waals surface area contributed by atoms with Crippen molar-refractivity contribution >= 4 is 29.2 Å². The van der Waals surface area contributed by atoms with Crippen molar-refractivity contribution in [2.24, 2.45) is 16.9 Å². The Balaban J connectivity index is 1.88. The van der Waals surface area contributed by atoms with Gasteiger partial charge < -0.3 is 10.4 Å². The van der Waals surface area contributed by atoms with Gasteiger partial charge in [0.25, 0.3) is 0 Å². The monoisotopic (exact) mass is 441 g/mol. The summed E-state index contributed by atoms with van der Waals surface area (Å²) in [5, 5.41) is 16.4. The third-order valence-corrected chi connectivity index (χ3v) is 5.74. The number of anilines is 1. The summed E-state index contributed by atoms with van der Waals surface area (Å²) in [5.74, 6) is -2.68. The molecular weight excluding hydrogens is 406 g/mol. The maximum absolute atomic E-state index is 12.7. The molecule has 1 aromatic carbocycles. The van der Waals surface area contributed by atoms with Crippen molar-refractivity contribution < 1.29 is 19.5 Å². The highest BCUT2D eigenvalue weighted by atomic mass is 16.4. The number of aliphatic carboxylic acids is 1. The Morgan fingerprint density at radius 2 is 1.72 bits per heavy atom. The quantitative estimate of drug-likeness (QED) is 0.186. The number of hydrogen-bond donors (Lipinski definition) is 3. The lowest BCUT2D eigenvalue weighted by Crippen LogP contribution is -2.34. The van der Waals surface area contributed by atoms with Crippen molar-refractivity contribution in [3.8, 4) is 0 Å². The lowest BCUT2D eigenvalue weighted by molar-refractivity contribution is -0.146. The Bertz CT molecular complexity index is 847. The number of carboxylic acid groups (broad SMARTS) is 1. The molecule has 1 aromatic rings. The van der Waals surface area contributed by atoms with E-state index in [1.807, 2.05) is 18.2 Å². The van der Waals surface area contributed by atoms with Crippen molar-refractivity contribution in [2.75, 3.05) is 5.32 Å². The van der Waals surface area contributed by atoms with Crippen LogP contribution in [-0.4, -0.2) is 28.6 Å². The van der Waals surface area contributed by atoms with Gasteiger partial charge in [-0.1, -0.05) is 63.3 Å². The maximum Gasteiger partial charge on any atom is 0.307 e. The highest BCUT2D eigenvalue weighted by Crippen LogP contribution is 2.27. The molecule has 2 atom stereocenters. The molecule has 174 valence electrons. The van der Waals surface area contributed by atoms with E-state index in [2.05, 4.69) is 22.8 Å². The molecule has 2 rings (SSSR count). The number of benzene rings is 1. The van der Waals surface area contributed by atoms with Crippen LogP contribution >= 0.6 is 0 Å². The van der Waals surface area contributed by atoms with Gasteiger partial charge in [-0.25, -0.2) is 5.43 Å². The largest absolute Gasteiger partial charge is 0.481 e. The standard InChI is InChI=1S/C25H35N3O4/c1-3-4-5-6-7-8-16-23(29)28-27-18(2)19-12-11-13-20(17-19)26-24(30)21-14-9-10-15-22(21)25(31)32/h9-13,17,21-22H,3-8,14-16H2,1-2H3,(H,26,30)(H,28,29)(H,31,32). The molecule has 32 heavy (non-hydrogen) atoms. The molecular formula is C25H35N3O4. The molecule has 0 spiro atoms. The number of carbonyl (C=O) groups excluding carboxylic acids is 2. The van der Waals surface area contributed by atoms with E-state index in [9.17, 15) is 19.5 Å². The van der Waals surface area contributed by atoms with Crippen LogP contribution in [0.5, 0.6) is 0 Å². The molecule has 0 bridgehead atoms. The number of carboxylic acids is 1. The number of nitrogens with one attached hydrogen (secondary N) is 2. The fourth-order valence-corrected chi connectivity index (χ4v) is 3.77. The number of amides is 2. The van der Waals surface area contributed by atoms with Gasteiger partial charge in [-0.3, -0.25) is 14.4 Å². The summed E-state index contributed by atoms with van der Waals surface area (Å²) < 4.78 is 0. The molecule has 3 N–H and O–H groups in total. The minimum atomic E-state index is -0.956. The normalized spacial score (nSPS) is 18.2. The van der Waals surface area contributed by atoms with E-state index in [-0.39, 0.29) is 11.8 Å².